The van der Waals surface area contributed by atoms with Gasteiger partial charge in [-0.15, -0.1) is 0 Å². The summed E-state index contributed by atoms with van der Waals surface area (Å²) in [5.41, 5.74) is 7.44. The molecule has 2 amide bonds. The van der Waals surface area contributed by atoms with Crippen LogP contribution >= 0.6 is 11.6 Å². The number of carbonyl (C=O) groups excluding carboxylic acids is 2. The maximum Gasteiger partial charge on any atom is 0.269 e. The number of nitrogens with one attached hydrogen (secondary N) is 4. The number of nitrogens with zero attached hydrogens (tertiary/aromatic N) is 9. The predicted octanol–water partition coefficient (Wildman–Crippen LogP) is 8.83. The van der Waals surface area contributed by atoms with E-state index in [1.165, 1.54) is 15.9 Å². The van der Waals surface area contributed by atoms with Crippen LogP contribution in [-0.2, 0) is 5.41 Å². The van der Waals surface area contributed by atoms with Crippen LogP contribution in [0.25, 0.3) is 44.6 Å². The van der Waals surface area contributed by atoms with Crippen molar-refractivity contribution in [1.29, 1.82) is 5.26 Å². The van der Waals surface area contributed by atoms with E-state index in [2.05, 4.69) is 56.6 Å². The van der Waals surface area contributed by atoms with Crippen LogP contribution in [0.15, 0.2) is 97.5 Å². The molecule has 4 N–H and O–H groups in total. The molecule has 17 heteroatoms. The number of hydrogen-bond donors (Lipinski definition) is 4. The lowest BCUT2D eigenvalue weighted by Crippen LogP contribution is -2.21. The van der Waals surface area contributed by atoms with Crippen molar-refractivity contribution in [3.05, 3.63) is 131 Å². The summed E-state index contributed by atoms with van der Waals surface area (Å²) in [5.74, 6) is -0.0506. The van der Waals surface area contributed by atoms with Crippen molar-refractivity contribution in [2.24, 2.45) is 0 Å². The molecule has 0 aliphatic heterocycles. The van der Waals surface area contributed by atoms with Crippen LogP contribution in [0.4, 0.5) is 27.7 Å². The van der Waals surface area contributed by atoms with Crippen LogP contribution in [0.2, 0.25) is 5.02 Å². The topological polar surface area (TPSA) is 197 Å². The van der Waals surface area contributed by atoms with Gasteiger partial charge < -0.3 is 30.4 Å². The normalized spacial score (nSPS) is 11.1. The molecule has 0 atom stereocenters. The maximum absolute atomic E-state index is 13.4. The number of hydrogen-bond acceptors (Lipinski definition) is 11. The molecule has 0 aliphatic carbocycles. The smallest absolute Gasteiger partial charge is 0.269 e. The largest absolute Gasteiger partial charge is 0.350 e. The van der Waals surface area contributed by atoms with Crippen molar-refractivity contribution in [3.8, 4) is 28.8 Å². The van der Waals surface area contributed by atoms with Crippen LogP contribution in [0, 0.1) is 24.2 Å². The lowest BCUT2D eigenvalue weighted by molar-refractivity contribution is 0.0816. The van der Waals surface area contributed by atoms with E-state index in [0.717, 1.165) is 33.1 Å². The number of pyridine rings is 2. The molecule has 312 valence electrons. The Hall–Kier alpha value is -7.77. The number of amides is 2. The van der Waals surface area contributed by atoms with Gasteiger partial charge in [0, 0.05) is 74.4 Å². The van der Waals surface area contributed by atoms with E-state index in [4.69, 9.17) is 11.6 Å². The molecule has 8 rings (SSSR count). The highest BCUT2D eigenvalue weighted by molar-refractivity contribution is 6.35. The Morgan fingerprint density at radius 1 is 0.694 bits per heavy atom. The van der Waals surface area contributed by atoms with Crippen LogP contribution in [0.1, 0.15) is 46.0 Å². The van der Waals surface area contributed by atoms with Gasteiger partial charge in [-0.3, -0.25) is 14.6 Å². The zero-order chi connectivity index (χ0) is 44.3. The molecule has 0 aliphatic rings. The monoisotopic (exact) mass is 849 g/mol. The molecular weight excluding hydrogens is 809 g/mol. The number of anilines is 4. The number of carbonyl (C=O) groups is 2. The van der Waals surface area contributed by atoms with E-state index in [9.17, 15) is 19.2 Å². The Bertz CT molecular complexity index is 3030. The Kier molecular flexibility index (Phi) is 11.9. The van der Waals surface area contributed by atoms with Crippen molar-refractivity contribution in [3.63, 3.8) is 0 Å². The zero-order valence-electron chi connectivity index (χ0n) is 34.8. The summed E-state index contributed by atoms with van der Waals surface area (Å²) in [6, 6.07) is 25.1. The average molecular weight is 850 g/mol. The first-order valence-corrected chi connectivity index (χ1v) is 19.6. The molecule has 6 heterocycles. The highest BCUT2D eigenvalue weighted by Gasteiger charge is 2.21. The van der Waals surface area contributed by atoms with Crippen LogP contribution in [0.3, 0.4) is 0 Å². The number of rotatable bonds is 9. The number of nitriles is 1. The third kappa shape index (κ3) is 9.33. The first-order valence-electron chi connectivity index (χ1n) is 19.2. The van der Waals surface area contributed by atoms with E-state index < -0.39 is 11.4 Å². The summed E-state index contributed by atoms with van der Waals surface area (Å²) >= 11 is 6.45. The summed E-state index contributed by atoms with van der Waals surface area (Å²) in [6.45, 7) is 5.68. The molecule has 0 radical (unpaired) electrons. The molecule has 2 aromatic carbocycles. The van der Waals surface area contributed by atoms with Gasteiger partial charge >= 0.3 is 0 Å². The van der Waals surface area contributed by atoms with Gasteiger partial charge in [-0.25, -0.2) is 24.9 Å². The molecule has 0 saturated carbocycles. The van der Waals surface area contributed by atoms with Gasteiger partial charge in [-0.2, -0.15) is 9.65 Å². The van der Waals surface area contributed by atoms with Crippen LogP contribution in [0.5, 0.6) is 0 Å². The third-order valence-corrected chi connectivity index (χ3v) is 10.0. The molecule has 62 heavy (non-hydrogen) atoms. The molecular formula is C45H41ClFN13O2. The van der Waals surface area contributed by atoms with Crippen molar-refractivity contribution < 1.29 is 14.0 Å². The minimum absolute atomic E-state index is 0.0891. The molecule has 0 unspecified atom stereocenters. The van der Waals surface area contributed by atoms with Crippen molar-refractivity contribution in [1.82, 2.24) is 49.7 Å². The highest BCUT2D eigenvalue weighted by atomic mass is 35.5. The highest BCUT2D eigenvalue weighted by Crippen LogP contribution is 2.31. The van der Waals surface area contributed by atoms with Crippen molar-refractivity contribution in [2.45, 2.75) is 26.2 Å². The Morgan fingerprint density at radius 2 is 1.23 bits per heavy atom. The maximum atomic E-state index is 13.4. The van der Waals surface area contributed by atoms with E-state index >= 15 is 0 Å². The minimum Gasteiger partial charge on any atom is -0.350 e. The Labute approximate surface area is 361 Å². The quantitative estimate of drug-likeness (QED) is 0.101. The summed E-state index contributed by atoms with van der Waals surface area (Å²) < 4.78 is 13.4. The summed E-state index contributed by atoms with van der Waals surface area (Å²) in [7, 11) is 6.81. The van der Waals surface area contributed by atoms with E-state index in [1.807, 2.05) is 57.2 Å². The molecule has 8 aromatic rings. The number of benzene rings is 2. The molecule has 0 fully saturated rings. The van der Waals surface area contributed by atoms with E-state index in [-0.39, 0.29) is 11.8 Å². The van der Waals surface area contributed by atoms with Crippen molar-refractivity contribution >= 4 is 68.5 Å². The van der Waals surface area contributed by atoms with Gasteiger partial charge in [0.15, 0.2) is 0 Å². The van der Waals surface area contributed by atoms with Crippen molar-refractivity contribution in [2.75, 3.05) is 38.8 Å². The van der Waals surface area contributed by atoms with Gasteiger partial charge in [0.05, 0.1) is 44.8 Å². The number of halogens is 2. The zero-order valence-corrected chi connectivity index (χ0v) is 35.6. The van der Waals surface area contributed by atoms with Gasteiger partial charge in [-0.1, -0.05) is 17.7 Å². The lowest BCUT2D eigenvalue weighted by Gasteiger charge is -2.16. The average Bonchev–Trinajstić information content (AvgIpc) is 3.89. The molecule has 15 nitrogen and oxygen atoms in total. The standard InChI is InChI=1S/C24H22ClN7O.C21H19FN6O/c1-24(2,13-26)15-5-7-27-19(11-15)18-6-8-28-23(31-18)29-16-9-14-10-20(22(33)32(3)4)30-21(14)17(25)12-16;1-12-9-14(10-13-11-17(26-19(12)13)20(29)28(2)3)24-21-23-8-7-16(27-21)15-5-4-6-18(22)25-15/h5-12,30H,1-4H3,(H,28,29,31);4-11,26H,1-3H3,(H,23,24,27). The van der Waals surface area contributed by atoms with E-state index in [0.29, 0.717) is 62.3 Å². The summed E-state index contributed by atoms with van der Waals surface area (Å²) in [4.78, 5) is 59.6. The fraction of sp³-hybridized carbons (Fsp3) is 0.178. The van der Waals surface area contributed by atoms with Gasteiger partial charge in [0.25, 0.3) is 11.8 Å². The number of aromatic amines is 2. The Morgan fingerprint density at radius 3 is 1.81 bits per heavy atom. The number of aromatic nitrogens is 8. The fourth-order valence-corrected chi connectivity index (χ4v) is 6.71. The first kappa shape index (κ1) is 42.4. The summed E-state index contributed by atoms with van der Waals surface area (Å²) in [5, 5.41) is 17.9. The van der Waals surface area contributed by atoms with Crippen LogP contribution in [-0.4, -0.2) is 89.7 Å². The molecule has 6 aromatic heterocycles. The SMILES string of the molecule is CN(C)C(=O)c1cc2cc(Nc3nccc(-c4cc(C(C)(C)C#N)ccn4)n3)cc(Cl)c2[nH]1.Cc1cc(Nc2nccc(-c3cccc(F)n3)n2)cc2cc(C(=O)N(C)C)[nH]c12. The Balaban J connectivity index is 0.000000188. The first-order chi connectivity index (χ1) is 29.6. The van der Waals surface area contributed by atoms with Gasteiger partial charge in [0.2, 0.25) is 17.8 Å². The number of aryl methyl sites for hydroxylation is 1. The number of H-pyrrole nitrogens is 2. The summed E-state index contributed by atoms with van der Waals surface area (Å²) in [6.07, 6.45) is 4.90. The minimum atomic E-state index is -0.638. The molecule has 0 bridgehead atoms. The second-order valence-electron chi connectivity index (χ2n) is 15.2. The molecule has 0 saturated heterocycles. The lowest BCUT2D eigenvalue weighted by atomic mass is 9.86. The second kappa shape index (κ2) is 17.4. The molecule has 0 spiro atoms. The van der Waals surface area contributed by atoms with Gasteiger partial charge in [-0.05, 0) is 105 Å². The predicted molar refractivity (Wildman–Crippen MR) is 238 cm³/mol. The second-order valence-corrected chi connectivity index (χ2v) is 15.6. The van der Waals surface area contributed by atoms with Gasteiger partial charge in [0.1, 0.15) is 11.4 Å². The van der Waals surface area contributed by atoms with Crippen LogP contribution < -0.4 is 10.6 Å². The third-order valence-electron chi connectivity index (χ3n) is 9.70. The number of fused-ring (bicyclic) bond motifs is 2. The van der Waals surface area contributed by atoms with E-state index in [1.54, 1.807) is 83.2 Å². The fourth-order valence-electron chi connectivity index (χ4n) is 6.44.